The SMILES string of the molecule is Cc1ccc2c(c1)NC(=O)C(C)(C(=O)NC(C)c1ccc3c(c1)OCO3)O2. The van der Waals surface area contributed by atoms with E-state index in [9.17, 15) is 9.59 Å². The lowest BCUT2D eigenvalue weighted by atomic mass is 9.99. The van der Waals surface area contributed by atoms with Crippen LogP contribution in [0.3, 0.4) is 0 Å². The van der Waals surface area contributed by atoms with Crippen LogP contribution in [0.2, 0.25) is 0 Å². The van der Waals surface area contributed by atoms with Crippen molar-refractivity contribution in [1.29, 1.82) is 0 Å². The molecule has 4 rings (SSSR count). The fraction of sp³-hybridized carbons (Fsp3) is 0.300. The van der Waals surface area contributed by atoms with Gasteiger partial charge in [-0.05, 0) is 56.2 Å². The maximum atomic E-state index is 12.9. The monoisotopic (exact) mass is 368 g/mol. The minimum Gasteiger partial charge on any atom is -0.466 e. The zero-order chi connectivity index (χ0) is 19.2. The van der Waals surface area contributed by atoms with Gasteiger partial charge in [-0.2, -0.15) is 0 Å². The van der Waals surface area contributed by atoms with Crippen LogP contribution in [-0.2, 0) is 9.59 Å². The molecule has 2 aromatic rings. The minimum absolute atomic E-state index is 0.185. The number of carbonyl (C=O) groups excluding carboxylic acids is 2. The van der Waals surface area contributed by atoms with Crippen LogP contribution in [0.15, 0.2) is 36.4 Å². The van der Waals surface area contributed by atoms with E-state index >= 15 is 0 Å². The lowest BCUT2D eigenvalue weighted by Gasteiger charge is -2.34. The zero-order valence-electron chi connectivity index (χ0n) is 15.3. The molecule has 0 radical (unpaired) electrons. The molecule has 7 nitrogen and oxygen atoms in total. The van der Waals surface area contributed by atoms with Crippen molar-refractivity contribution in [2.75, 3.05) is 12.1 Å². The Hall–Kier alpha value is -3.22. The maximum Gasteiger partial charge on any atom is 0.278 e. The highest BCUT2D eigenvalue weighted by Gasteiger charge is 2.47. The molecular weight excluding hydrogens is 348 g/mol. The number of nitrogens with one attached hydrogen (secondary N) is 2. The van der Waals surface area contributed by atoms with Crippen LogP contribution in [0.5, 0.6) is 17.2 Å². The fourth-order valence-corrected chi connectivity index (χ4v) is 3.09. The Morgan fingerprint density at radius 1 is 1.15 bits per heavy atom. The Morgan fingerprint density at radius 2 is 1.89 bits per heavy atom. The summed E-state index contributed by atoms with van der Waals surface area (Å²) in [4.78, 5) is 25.4. The van der Waals surface area contributed by atoms with Gasteiger partial charge >= 0.3 is 0 Å². The number of ether oxygens (including phenoxy) is 3. The van der Waals surface area contributed by atoms with Gasteiger partial charge < -0.3 is 24.8 Å². The third-order valence-corrected chi connectivity index (χ3v) is 4.81. The highest BCUT2D eigenvalue weighted by atomic mass is 16.7. The second-order valence-electron chi connectivity index (χ2n) is 6.90. The Bertz CT molecular complexity index is 942. The smallest absolute Gasteiger partial charge is 0.278 e. The van der Waals surface area contributed by atoms with E-state index in [2.05, 4.69) is 10.6 Å². The first-order chi connectivity index (χ1) is 12.9. The molecule has 0 aliphatic carbocycles. The van der Waals surface area contributed by atoms with Crippen molar-refractivity contribution in [1.82, 2.24) is 5.32 Å². The first kappa shape index (κ1) is 17.2. The molecule has 2 heterocycles. The molecule has 0 aromatic heterocycles. The van der Waals surface area contributed by atoms with Crippen LogP contribution in [-0.4, -0.2) is 24.2 Å². The number of carbonyl (C=O) groups is 2. The molecule has 2 unspecified atom stereocenters. The summed E-state index contributed by atoms with van der Waals surface area (Å²) in [7, 11) is 0. The van der Waals surface area contributed by atoms with Crippen molar-refractivity contribution >= 4 is 17.5 Å². The topological polar surface area (TPSA) is 85.9 Å². The highest BCUT2D eigenvalue weighted by Crippen LogP contribution is 2.36. The summed E-state index contributed by atoms with van der Waals surface area (Å²) in [5.74, 6) is 0.753. The van der Waals surface area contributed by atoms with Crippen LogP contribution >= 0.6 is 0 Å². The molecule has 27 heavy (non-hydrogen) atoms. The second kappa shape index (κ2) is 6.19. The lowest BCUT2D eigenvalue weighted by molar-refractivity contribution is -0.147. The van der Waals surface area contributed by atoms with Crippen LogP contribution in [0.1, 0.15) is 31.0 Å². The number of hydrogen-bond acceptors (Lipinski definition) is 5. The van der Waals surface area contributed by atoms with Gasteiger partial charge in [-0.15, -0.1) is 0 Å². The van der Waals surface area contributed by atoms with Crippen molar-refractivity contribution in [3.05, 3.63) is 47.5 Å². The van der Waals surface area contributed by atoms with Crippen molar-refractivity contribution < 1.29 is 23.8 Å². The summed E-state index contributed by atoms with van der Waals surface area (Å²) in [5.41, 5.74) is 0.729. The van der Waals surface area contributed by atoms with E-state index in [1.165, 1.54) is 6.92 Å². The Morgan fingerprint density at radius 3 is 2.70 bits per heavy atom. The molecule has 2 atom stereocenters. The van der Waals surface area contributed by atoms with E-state index in [4.69, 9.17) is 14.2 Å². The summed E-state index contributed by atoms with van der Waals surface area (Å²) in [5, 5.41) is 5.61. The summed E-state index contributed by atoms with van der Waals surface area (Å²) in [6, 6.07) is 10.5. The lowest BCUT2D eigenvalue weighted by Crippen LogP contribution is -2.59. The van der Waals surface area contributed by atoms with Crippen LogP contribution < -0.4 is 24.8 Å². The van der Waals surface area contributed by atoms with E-state index in [0.29, 0.717) is 22.9 Å². The molecule has 0 spiro atoms. The molecule has 2 amide bonds. The van der Waals surface area contributed by atoms with E-state index in [1.54, 1.807) is 18.2 Å². The molecule has 2 aliphatic heterocycles. The molecule has 0 bridgehead atoms. The molecule has 2 N–H and O–H groups in total. The quantitative estimate of drug-likeness (QED) is 0.814. The predicted octanol–water partition coefficient (Wildman–Crippen LogP) is 2.69. The molecule has 7 heteroatoms. The number of aryl methyl sites for hydroxylation is 1. The third kappa shape index (κ3) is 2.95. The van der Waals surface area contributed by atoms with E-state index in [1.807, 2.05) is 32.0 Å². The van der Waals surface area contributed by atoms with Gasteiger partial charge in [0.25, 0.3) is 17.4 Å². The van der Waals surface area contributed by atoms with E-state index in [-0.39, 0.29) is 12.8 Å². The largest absolute Gasteiger partial charge is 0.466 e. The fourth-order valence-electron chi connectivity index (χ4n) is 3.09. The molecule has 2 aliphatic rings. The van der Waals surface area contributed by atoms with Crippen LogP contribution in [0.4, 0.5) is 5.69 Å². The average molecular weight is 368 g/mol. The van der Waals surface area contributed by atoms with Gasteiger partial charge in [0, 0.05) is 0 Å². The van der Waals surface area contributed by atoms with Crippen molar-refractivity contribution in [2.45, 2.75) is 32.4 Å². The van der Waals surface area contributed by atoms with Crippen molar-refractivity contribution in [2.24, 2.45) is 0 Å². The number of rotatable bonds is 3. The number of amides is 2. The van der Waals surface area contributed by atoms with Crippen molar-refractivity contribution in [3.8, 4) is 17.2 Å². The average Bonchev–Trinajstić information content (AvgIpc) is 3.10. The normalized spacial score (nSPS) is 20.9. The number of benzene rings is 2. The van der Waals surface area contributed by atoms with Crippen molar-refractivity contribution in [3.63, 3.8) is 0 Å². The molecular formula is C20H20N2O5. The van der Waals surface area contributed by atoms with Crippen LogP contribution in [0, 0.1) is 6.92 Å². The Kier molecular flexibility index (Phi) is 3.95. The first-order valence-corrected chi connectivity index (χ1v) is 8.68. The Labute approximate surface area is 156 Å². The van der Waals surface area contributed by atoms with Gasteiger partial charge in [0.2, 0.25) is 6.79 Å². The predicted molar refractivity (Wildman–Crippen MR) is 98.0 cm³/mol. The summed E-state index contributed by atoms with van der Waals surface area (Å²) >= 11 is 0. The summed E-state index contributed by atoms with van der Waals surface area (Å²) < 4.78 is 16.5. The first-order valence-electron chi connectivity index (χ1n) is 8.68. The zero-order valence-corrected chi connectivity index (χ0v) is 15.3. The molecule has 140 valence electrons. The molecule has 0 fully saturated rings. The van der Waals surface area contributed by atoms with E-state index in [0.717, 1.165) is 11.1 Å². The Balaban J connectivity index is 1.53. The third-order valence-electron chi connectivity index (χ3n) is 4.81. The molecule has 0 saturated heterocycles. The number of fused-ring (bicyclic) bond motifs is 2. The van der Waals surface area contributed by atoms with Gasteiger partial charge in [0.05, 0.1) is 11.7 Å². The summed E-state index contributed by atoms with van der Waals surface area (Å²) in [6.07, 6.45) is 0. The van der Waals surface area contributed by atoms with Gasteiger partial charge in [0.1, 0.15) is 5.75 Å². The second-order valence-corrected chi connectivity index (χ2v) is 6.90. The molecule has 0 saturated carbocycles. The van der Waals surface area contributed by atoms with Gasteiger partial charge in [-0.25, -0.2) is 0 Å². The van der Waals surface area contributed by atoms with Gasteiger partial charge in [0.15, 0.2) is 11.5 Å². The van der Waals surface area contributed by atoms with Gasteiger partial charge in [-0.3, -0.25) is 9.59 Å². The number of hydrogen-bond donors (Lipinski definition) is 2. The minimum atomic E-state index is -1.66. The highest BCUT2D eigenvalue weighted by molar-refractivity contribution is 6.15. The number of anilines is 1. The maximum absolute atomic E-state index is 12.9. The molecule has 2 aromatic carbocycles. The standard InChI is InChI=1S/C20H20N2O5/c1-11-4-6-15-14(8-11)22-19(24)20(3,27-15)18(23)21-12(2)13-5-7-16-17(9-13)26-10-25-16/h4-9,12H,10H2,1-3H3,(H,21,23)(H,22,24). The van der Waals surface area contributed by atoms with Crippen LogP contribution in [0.25, 0.3) is 0 Å². The summed E-state index contributed by atoms with van der Waals surface area (Å²) in [6.45, 7) is 5.40. The van der Waals surface area contributed by atoms with E-state index < -0.39 is 17.4 Å². The van der Waals surface area contributed by atoms with Gasteiger partial charge in [-0.1, -0.05) is 12.1 Å².